The third-order valence-corrected chi connectivity index (χ3v) is 4.57. The van der Waals surface area contributed by atoms with E-state index in [4.69, 9.17) is 0 Å². The van der Waals surface area contributed by atoms with Gasteiger partial charge < -0.3 is 14.9 Å². The number of hydrogen-bond acceptors (Lipinski definition) is 7. The van der Waals surface area contributed by atoms with E-state index in [1.54, 1.807) is 12.3 Å². The normalized spacial score (nSPS) is 20.9. The molecular formula is C18H21F3N6O. The Bertz CT molecular complexity index is 805. The second-order valence-corrected chi connectivity index (χ2v) is 6.55. The van der Waals surface area contributed by atoms with Gasteiger partial charge in [-0.05, 0) is 31.5 Å². The minimum atomic E-state index is -4.56. The van der Waals surface area contributed by atoms with Crippen LogP contribution in [0.2, 0.25) is 0 Å². The number of aliphatic hydroxyl groups is 1. The van der Waals surface area contributed by atoms with Gasteiger partial charge in [0.2, 0.25) is 0 Å². The molecule has 3 rings (SSSR count). The van der Waals surface area contributed by atoms with E-state index in [0.29, 0.717) is 18.1 Å². The fourth-order valence-electron chi connectivity index (χ4n) is 3.19. The molecule has 1 aromatic heterocycles. The standard InChI is InChI=1S/C18H21F3N6O/c1-22-9-14(26-8-6-23-15(11-26)18(19,20)21)17-24-5-4-16(25-17)27-7-2-3-13(10-27)12-28/h4-6,9,11,13,28H,1-3,7-8,10,12H2/b14-9-. The molecule has 0 amide bonds. The lowest BCUT2D eigenvalue weighted by Gasteiger charge is -2.33. The number of alkyl halides is 3. The Morgan fingerprint density at radius 1 is 1.43 bits per heavy atom. The zero-order chi connectivity index (χ0) is 20.1. The number of allylic oxidation sites excluding steroid dienone is 1. The van der Waals surface area contributed by atoms with Crippen molar-refractivity contribution in [1.82, 2.24) is 14.9 Å². The fraction of sp³-hybridized carbons (Fsp3) is 0.444. The van der Waals surface area contributed by atoms with E-state index in [1.807, 2.05) is 4.90 Å². The van der Waals surface area contributed by atoms with Crippen molar-refractivity contribution in [3.63, 3.8) is 0 Å². The van der Waals surface area contributed by atoms with Crippen LogP contribution >= 0.6 is 0 Å². The molecule has 0 bridgehead atoms. The summed E-state index contributed by atoms with van der Waals surface area (Å²) in [7, 11) is 0. The van der Waals surface area contributed by atoms with E-state index >= 15 is 0 Å². The van der Waals surface area contributed by atoms with Crippen LogP contribution in [0.25, 0.3) is 5.70 Å². The molecule has 0 aliphatic carbocycles. The molecular weight excluding hydrogens is 373 g/mol. The summed E-state index contributed by atoms with van der Waals surface area (Å²) in [4.78, 5) is 19.3. The molecule has 0 spiro atoms. The van der Waals surface area contributed by atoms with Gasteiger partial charge in [0.25, 0.3) is 0 Å². The average Bonchev–Trinajstić information content (AvgIpc) is 2.71. The van der Waals surface area contributed by atoms with Gasteiger partial charge in [-0.1, -0.05) is 0 Å². The van der Waals surface area contributed by atoms with E-state index in [0.717, 1.165) is 25.6 Å². The summed E-state index contributed by atoms with van der Waals surface area (Å²) in [5, 5.41) is 9.42. The fourth-order valence-corrected chi connectivity index (χ4v) is 3.19. The van der Waals surface area contributed by atoms with Crippen molar-refractivity contribution < 1.29 is 18.3 Å². The van der Waals surface area contributed by atoms with Crippen LogP contribution < -0.4 is 4.90 Å². The first kappa shape index (κ1) is 20.0. The van der Waals surface area contributed by atoms with Crippen LogP contribution in [0.5, 0.6) is 0 Å². The molecule has 28 heavy (non-hydrogen) atoms. The highest BCUT2D eigenvalue weighted by Crippen LogP contribution is 2.30. The maximum Gasteiger partial charge on any atom is 0.434 e. The van der Waals surface area contributed by atoms with Gasteiger partial charge in [-0.25, -0.2) is 9.97 Å². The largest absolute Gasteiger partial charge is 0.434 e. The minimum absolute atomic E-state index is 0.109. The van der Waals surface area contributed by atoms with Crippen LogP contribution in [0.1, 0.15) is 18.7 Å². The summed E-state index contributed by atoms with van der Waals surface area (Å²) >= 11 is 0. The number of piperidine rings is 1. The molecule has 1 atom stereocenters. The molecule has 1 saturated heterocycles. The molecule has 10 heteroatoms. The lowest BCUT2D eigenvalue weighted by Crippen LogP contribution is -2.37. The van der Waals surface area contributed by atoms with Gasteiger partial charge in [0.15, 0.2) is 11.5 Å². The summed E-state index contributed by atoms with van der Waals surface area (Å²) < 4.78 is 39.1. The molecule has 1 unspecified atom stereocenters. The van der Waals surface area contributed by atoms with Crippen molar-refractivity contribution in [3.05, 3.63) is 36.2 Å². The topological polar surface area (TPSA) is 77.2 Å². The molecule has 1 fully saturated rings. The number of aromatic nitrogens is 2. The third-order valence-electron chi connectivity index (χ3n) is 4.57. The first-order valence-corrected chi connectivity index (χ1v) is 8.85. The Labute approximate surface area is 160 Å². The highest BCUT2D eigenvalue weighted by Gasteiger charge is 2.36. The van der Waals surface area contributed by atoms with E-state index in [2.05, 4.69) is 26.7 Å². The van der Waals surface area contributed by atoms with Crippen molar-refractivity contribution in [2.75, 3.05) is 31.1 Å². The number of hydrogen-bond donors (Lipinski definition) is 1. The minimum Gasteiger partial charge on any atom is -0.396 e. The van der Waals surface area contributed by atoms with E-state index in [9.17, 15) is 18.3 Å². The van der Waals surface area contributed by atoms with Crippen LogP contribution in [0.4, 0.5) is 19.0 Å². The number of rotatable bonds is 5. The quantitative estimate of drug-likeness (QED) is 0.777. The summed E-state index contributed by atoms with van der Waals surface area (Å²) in [6.07, 6.45) is 2.31. The Hall–Kier alpha value is -2.75. The smallest absolute Gasteiger partial charge is 0.396 e. The molecule has 0 aromatic carbocycles. The van der Waals surface area contributed by atoms with Crippen LogP contribution in [-0.2, 0) is 0 Å². The third kappa shape index (κ3) is 4.56. The molecule has 2 aliphatic heterocycles. The Kier molecular flexibility index (Phi) is 6.08. The van der Waals surface area contributed by atoms with Gasteiger partial charge in [-0.15, -0.1) is 0 Å². The van der Waals surface area contributed by atoms with Crippen molar-refractivity contribution in [2.24, 2.45) is 15.9 Å². The first-order valence-electron chi connectivity index (χ1n) is 8.85. The molecule has 150 valence electrons. The maximum absolute atomic E-state index is 13.0. The molecule has 0 radical (unpaired) electrons. The lowest BCUT2D eigenvalue weighted by molar-refractivity contribution is -0.0934. The second-order valence-electron chi connectivity index (χ2n) is 6.55. The van der Waals surface area contributed by atoms with Crippen LogP contribution in [0.3, 0.4) is 0 Å². The van der Waals surface area contributed by atoms with Crippen LogP contribution in [-0.4, -0.2) is 65.3 Å². The predicted octanol–water partition coefficient (Wildman–Crippen LogP) is 2.47. The monoisotopic (exact) mass is 394 g/mol. The second kappa shape index (κ2) is 8.51. The van der Waals surface area contributed by atoms with Gasteiger partial charge in [-0.3, -0.25) is 9.98 Å². The van der Waals surface area contributed by atoms with Crippen molar-refractivity contribution >= 4 is 24.4 Å². The van der Waals surface area contributed by atoms with Gasteiger partial charge in [0.05, 0.1) is 12.7 Å². The number of aliphatic imine (C=N–C) groups is 2. The molecule has 1 aromatic rings. The number of halogens is 3. The van der Waals surface area contributed by atoms with E-state index in [-0.39, 0.29) is 24.9 Å². The Morgan fingerprint density at radius 2 is 2.25 bits per heavy atom. The van der Waals surface area contributed by atoms with Gasteiger partial charge in [0.1, 0.15) is 11.5 Å². The van der Waals surface area contributed by atoms with Crippen molar-refractivity contribution in [3.8, 4) is 0 Å². The molecule has 1 N–H and O–H groups in total. The van der Waals surface area contributed by atoms with Gasteiger partial charge in [0, 0.05) is 38.3 Å². The molecule has 2 aliphatic rings. The molecule has 7 nitrogen and oxygen atoms in total. The van der Waals surface area contributed by atoms with Crippen molar-refractivity contribution in [1.29, 1.82) is 0 Å². The lowest BCUT2D eigenvalue weighted by atomic mass is 9.99. The molecule has 0 saturated carbocycles. The summed E-state index contributed by atoms with van der Waals surface area (Å²) in [6, 6.07) is 1.75. The number of aliphatic hydroxyl groups excluding tert-OH is 1. The van der Waals surface area contributed by atoms with Crippen LogP contribution in [0, 0.1) is 5.92 Å². The summed E-state index contributed by atoms with van der Waals surface area (Å²) in [5.41, 5.74) is -0.716. The van der Waals surface area contributed by atoms with Gasteiger partial charge >= 0.3 is 6.18 Å². The zero-order valence-electron chi connectivity index (χ0n) is 15.2. The highest BCUT2D eigenvalue weighted by atomic mass is 19.4. The summed E-state index contributed by atoms with van der Waals surface area (Å²) in [5.74, 6) is 1.07. The molecule has 3 heterocycles. The SMILES string of the molecule is C=N/C=C(/c1nccc(N2CCCC(CO)C2)n1)N1C=C(C(F)(F)F)N=CC1. The zero-order valence-corrected chi connectivity index (χ0v) is 15.2. The average molecular weight is 394 g/mol. The van der Waals surface area contributed by atoms with E-state index < -0.39 is 11.9 Å². The Balaban J connectivity index is 1.89. The maximum atomic E-state index is 13.0. The number of nitrogens with zero attached hydrogens (tertiary/aromatic N) is 6. The Morgan fingerprint density at radius 3 is 2.96 bits per heavy atom. The summed E-state index contributed by atoms with van der Waals surface area (Å²) in [6.45, 7) is 5.10. The van der Waals surface area contributed by atoms with Crippen LogP contribution in [0.15, 0.2) is 40.3 Å². The highest BCUT2D eigenvalue weighted by molar-refractivity contribution is 5.70. The van der Waals surface area contributed by atoms with Gasteiger partial charge in [-0.2, -0.15) is 13.2 Å². The predicted molar refractivity (Wildman–Crippen MR) is 101 cm³/mol. The van der Waals surface area contributed by atoms with E-state index in [1.165, 1.54) is 17.3 Å². The number of anilines is 1. The van der Waals surface area contributed by atoms with Crippen molar-refractivity contribution in [2.45, 2.75) is 19.0 Å². The first-order chi connectivity index (χ1) is 13.4.